The molecule has 0 saturated carbocycles. The summed E-state index contributed by atoms with van der Waals surface area (Å²) >= 11 is 8.14. The number of rotatable bonds is 8. The summed E-state index contributed by atoms with van der Waals surface area (Å²) in [5.74, 6) is 0.723. The van der Waals surface area contributed by atoms with E-state index in [2.05, 4.69) is 27.3 Å². The van der Waals surface area contributed by atoms with Crippen molar-refractivity contribution in [1.29, 1.82) is 0 Å². The fraction of sp³-hybridized carbons (Fsp3) is 0.528. The molecule has 4 heterocycles. The number of aromatic nitrogens is 3. The second kappa shape index (κ2) is 13.6. The van der Waals surface area contributed by atoms with E-state index in [1.54, 1.807) is 19.3 Å². The van der Waals surface area contributed by atoms with Gasteiger partial charge in [0.25, 0.3) is 0 Å². The zero-order valence-electron chi connectivity index (χ0n) is 29.0. The summed E-state index contributed by atoms with van der Waals surface area (Å²) < 4.78 is 11.1. The molecule has 2 saturated heterocycles. The lowest BCUT2D eigenvalue weighted by atomic mass is 9.72. The Morgan fingerprint density at radius 3 is 2.45 bits per heavy atom. The number of hydrogen-bond donors (Lipinski definition) is 2. The zero-order valence-corrected chi connectivity index (χ0v) is 30.5. The molecule has 49 heavy (non-hydrogen) atoms. The average molecular weight is 709 g/mol. The molecule has 6 rings (SSSR count). The molecule has 1 aliphatic carbocycles. The molecule has 1 aromatic carbocycles. The van der Waals surface area contributed by atoms with E-state index in [0.29, 0.717) is 47.9 Å². The van der Waals surface area contributed by atoms with Gasteiger partial charge in [-0.1, -0.05) is 47.6 Å². The molecule has 2 aliphatic heterocycles. The Kier molecular flexibility index (Phi) is 9.78. The molecule has 3 aromatic rings. The van der Waals surface area contributed by atoms with Crippen molar-refractivity contribution in [3.8, 4) is 0 Å². The number of fused-ring (bicyclic) bond motifs is 1. The number of halogens is 1. The van der Waals surface area contributed by atoms with Crippen LogP contribution in [0.4, 0.5) is 16.4 Å². The van der Waals surface area contributed by atoms with E-state index in [1.807, 2.05) is 57.7 Å². The van der Waals surface area contributed by atoms with E-state index in [-0.39, 0.29) is 29.7 Å². The Morgan fingerprint density at radius 1 is 1.06 bits per heavy atom. The maximum atomic E-state index is 13.3. The third-order valence-corrected chi connectivity index (χ3v) is 11.1. The zero-order chi connectivity index (χ0) is 35.1. The van der Waals surface area contributed by atoms with Crippen molar-refractivity contribution in [2.24, 2.45) is 11.3 Å². The number of piperidine rings is 1. The quantitative estimate of drug-likeness (QED) is 0.250. The van der Waals surface area contributed by atoms with Crippen molar-refractivity contribution in [2.75, 3.05) is 42.6 Å². The lowest BCUT2D eigenvalue weighted by Gasteiger charge is -2.46. The Labute approximate surface area is 297 Å². The first kappa shape index (κ1) is 35.2. The number of hydrogen-bond acceptors (Lipinski definition) is 11. The number of benzene rings is 1. The number of alkyl carbamates (subject to hydrolysis) is 1. The number of nitrogens with zero attached hydrogens (tertiary/aromatic N) is 5. The number of pyridine rings is 1. The number of amides is 1. The largest absolute Gasteiger partial charge is 0.461 e. The molecule has 3 aliphatic rings. The van der Waals surface area contributed by atoms with Gasteiger partial charge in [-0.2, -0.15) is 0 Å². The SMILES string of the molecule is CCOC(=O)c1nc(Sc2ccnc(N3CC(C(C)(C)O)C3)c2Cl)cnc1N1CCC2(CC1)Cc1ccccc1[C@H]2NC(=O)OC(C)(C)C. The van der Waals surface area contributed by atoms with Crippen LogP contribution in [-0.4, -0.2) is 76.1 Å². The van der Waals surface area contributed by atoms with Crippen LogP contribution in [0.15, 0.2) is 52.6 Å². The van der Waals surface area contributed by atoms with Crippen LogP contribution in [0.25, 0.3) is 0 Å². The molecular formula is C36H45ClN6O5S. The molecule has 0 unspecified atom stereocenters. The van der Waals surface area contributed by atoms with Gasteiger partial charge >= 0.3 is 12.1 Å². The molecule has 1 amide bonds. The van der Waals surface area contributed by atoms with Crippen molar-refractivity contribution in [3.05, 3.63) is 64.6 Å². The van der Waals surface area contributed by atoms with Crippen molar-refractivity contribution in [1.82, 2.24) is 20.3 Å². The van der Waals surface area contributed by atoms with Crippen molar-refractivity contribution >= 4 is 47.1 Å². The van der Waals surface area contributed by atoms with E-state index in [9.17, 15) is 14.7 Å². The summed E-state index contributed by atoms with van der Waals surface area (Å²) in [6.45, 7) is 13.7. The lowest BCUT2D eigenvalue weighted by molar-refractivity contribution is 0.00436. The molecular weight excluding hydrogens is 664 g/mol. The van der Waals surface area contributed by atoms with Gasteiger partial charge in [-0.05, 0) is 78.0 Å². The lowest BCUT2D eigenvalue weighted by Crippen LogP contribution is -2.56. The van der Waals surface area contributed by atoms with Gasteiger partial charge in [0.2, 0.25) is 0 Å². The van der Waals surface area contributed by atoms with Crippen LogP contribution in [0.5, 0.6) is 0 Å². The van der Waals surface area contributed by atoms with Crippen LogP contribution < -0.4 is 15.1 Å². The summed E-state index contributed by atoms with van der Waals surface area (Å²) in [4.78, 5) is 45.2. The predicted molar refractivity (Wildman–Crippen MR) is 189 cm³/mol. The molecule has 13 heteroatoms. The Hall–Kier alpha value is -3.61. The maximum Gasteiger partial charge on any atom is 0.408 e. The average Bonchev–Trinajstić information content (AvgIpc) is 3.29. The summed E-state index contributed by atoms with van der Waals surface area (Å²) in [5.41, 5.74) is 0.929. The maximum absolute atomic E-state index is 13.3. The van der Waals surface area contributed by atoms with Gasteiger partial charge in [0, 0.05) is 48.6 Å². The van der Waals surface area contributed by atoms with Gasteiger partial charge in [0.05, 0.1) is 29.5 Å². The van der Waals surface area contributed by atoms with Gasteiger partial charge < -0.3 is 29.7 Å². The Bertz CT molecular complexity index is 1710. The summed E-state index contributed by atoms with van der Waals surface area (Å²) in [5, 5.41) is 14.5. The summed E-state index contributed by atoms with van der Waals surface area (Å²) in [7, 11) is 0. The minimum atomic E-state index is -0.772. The number of esters is 1. The second-order valence-electron chi connectivity index (χ2n) is 14.7. The van der Waals surface area contributed by atoms with Gasteiger partial charge in [0.1, 0.15) is 16.4 Å². The number of nitrogens with one attached hydrogen (secondary N) is 1. The highest BCUT2D eigenvalue weighted by Gasteiger charge is 2.49. The summed E-state index contributed by atoms with van der Waals surface area (Å²) in [6, 6.07) is 9.89. The molecule has 11 nitrogen and oxygen atoms in total. The standard InChI is InChI=1S/C36H45ClN6O5S/c1-7-47-32(44)28-31(39-19-26(40-28)49-25-12-15-38-30(27(25)37)43-20-23(21-43)35(5,6)46)42-16-13-36(14-17-42)18-22-10-8-9-11-24(22)29(36)41-33(45)48-34(2,3)4/h8-12,15,19,23,29,46H,7,13-14,16-18,20-21H2,1-6H3,(H,41,45)/t29-/m1/s1. The molecule has 2 aromatic heterocycles. The van der Waals surface area contributed by atoms with Crippen LogP contribution in [0.3, 0.4) is 0 Å². The van der Waals surface area contributed by atoms with Gasteiger partial charge in [-0.25, -0.2) is 24.5 Å². The van der Waals surface area contributed by atoms with Crippen LogP contribution in [-0.2, 0) is 15.9 Å². The highest BCUT2D eigenvalue weighted by Crippen LogP contribution is 2.52. The van der Waals surface area contributed by atoms with Crippen LogP contribution in [0.2, 0.25) is 5.02 Å². The first-order valence-corrected chi connectivity index (χ1v) is 18.0. The molecule has 2 N–H and O–H groups in total. The first-order chi connectivity index (χ1) is 23.2. The number of ether oxygens (including phenoxy) is 2. The van der Waals surface area contributed by atoms with Crippen LogP contribution >= 0.6 is 23.4 Å². The molecule has 0 radical (unpaired) electrons. The number of anilines is 2. The van der Waals surface area contributed by atoms with E-state index >= 15 is 0 Å². The third-order valence-electron chi connectivity index (χ3n) is 9.67. The first-order valence-electron chi connectivity index (χ1n) is 16.8. The van der Waals surface area contributed by atoms with E-state index in [4.69, 9.17) is 31.0 Å². The molecule has 262 valence electrons. The van der Waals surface area contributed by atoms with Gasteiger partial charge in [-0.15, -0.1) is 0 Å². The monoisotopic (exact) mass is 708 g/mol. The predicted octanol–water partition coefficient (Wildman–Crippen LogP) is 6.47. The Morgan fingerprint density at radius 2 is 1.78 bits per heavy atom. The highest BCUT2D eigenvalue weighted by molar-refractivity contribution is 7.99. The molecule has 1 spiro atoms. The second-order valence-corrected chi connectivity index (χ2v) is 16.1. The van der Waals surface area contributed by atoms with E-state index < -0.39 is 23.3 Å². The minimum Gasteiger partial charge on any atom is -0.461 e. The van der Waals surface area contributed by atoms with E-state index in [0.717, 1.165) is 29.7 Å². The van der Waals surface area contributed by atoms with Crippen LogP contribution in [0.1, 0.15) is 82.0 Å². The van der Waals surface area contributed by atoms with Gasteiger partial charge in [0.15, 0.2) is 11.5 Å². The van der Waals surface area contributed by atoms with Crippen LogP contribution in [0, 0.1) is 11.3 Å². The topological polar surface area (TPSA) is 130 Å². The summed E-state index contributed by atoms with van der Waals surface area (Å²) in [6.07, 6.45) is 5.31. The van der Waals surface area contributed by atoms with Gasteiger partial charge in [-0.3, -0.25) is 0 Å². The fourth-order valence-electron chi connectivity index (χ4n) is 6.98. The normalized spacial score (nSPS) is 19.0. The third kappa shape index (κ3) is 7.46. The molecule has 1 atom stereocenters. The fourth-order valence-corrected chi connectivity index (χ4v) is 8.11. The van der Waals surface area contributed by atoms with Crippen molar-refractivity contribution < 1.29 is 24.2 Å². The van der Waals surface area contributed by atoms with Crippen molar-refractivity contribution in [3.63, 3.8) is 0 Å². The Balaban J connectivity index is 1.21. The number of carbonyl (C=O) groups is 2. The molecule has 0 bridgehead atoms. The smallest absolute Gasteiger partial charge is 0.408 e. The number of carbonyl (C=O) groups excluding carboxylic acids is 2. The minimum absolute atomic E-state index is 0.132. The number of aliphatic hydroxyl groups is 1. The molecule has 2 fully saturated rings. The highest BCUT2D eigenvalue weighted by atomic mass is 35.5. The van der Waals surface area contributed by atoms with Crippen molar-refractivity contribution in [2.45, 2.75) is 88.0 Å². The van der Waals surface area contributed by atoms with E-state index in [1.165, 1.54) is 17.3 Å².